The summed E-state index contributed by atoms with van der Waals surface area (Å²) in [4.78, 5) is 25.3. The first-order valence-corrected chi connectivity index (χ1v) is 10.7. The Labute approximate surface area is 196 Å². The van der Waals surface area contributed by atoms with Crippen LogP contribution < -0.4 is 9.47 Å². The summed E-state index contributed by atoms with van der Waals surface area (Å²) in [6.45, 7) is 6.32. The van der Waals surface area contributed by atoms with Crippen LogP contribution in [0.25, 0.3) is 6.08 Å². The Bertz CT molecular complexity index is 1230. The summed E-state index contributed by atoms with van der Waals surface area (Å²) in [7, 11) is 0. The molecule has 0 saturated carbocycles. The number of benzene rings is 3. The number of carbonyl (C=O) groups excluding carboxylic acids is 2. The van der Waals surface area contributed by atoms with E-state index < -0.39 is 5.97 Å². The second kappa shape index (κ2) is 8.45. The van der Waals surface area contributed by atoms with Crippen molar-refractivity contribution in [2.45, 2.75) is 26.2 Å². The molecule has 0 spiro atoms. The van der Waals surface area contributed by atoms with Gasteiger partial charge in [0.15, 0.2) is 5.76 Å². The van der Waals surface area contributed by atoms with Crippen LogP contribution in [-0.2, 0) is 5.41 Å². The lowest BCUT2D eigenvalue weighted by atomic mass is 9.87. The lowest BCUT2D eigenvalue weighted by Crippen LogP contribution is -2.12. The predicted octanol–water partition coefficient (Wildman–Crippen LogP) is 7.13. The molecule has 0 aliphatic carbocycles. The number of ketones is 1. The highest BCUT2D eigenvalue weighted by Gasteiger charge is 2.28. The third-order valence-electron chi connectivity index (χ3n) is 5.11. The zero-order valence-electron chi connectivity index (χ0n) is 17.7. The number of hydrogen-bond acceptors (Lipinski definition) is 4. The van der Waals surface area contributed by atoms with E-state index in [9.17, 15) is 9.59 Å². The van der Waals surface area contributed by atoms with Crippen LogP contribution in [0.15, 0.2) is 66.4 Å². The molecule has 32 heavy (non-hydrogen) atoms. The molecule has 0 radical (unpaired) electrons. The molecule has 0 unspecified atom stereocenters. The van der Waals surface area contributed by atoms with Gasteiger partial charge in [0.25, 0.3) is 0 Å². The van der Waals surface area contributed by atoms with Crippen molar-refractivity contribution >= 4 is 41.0 Å². The van der Waals surface area contributed by atoms with Crippen molar-refractivity contribution in [2.75, 3.05) is 0 Å². The number of carbonyl (C=O) groups is 2. The molecule has 6 heteroatoms. The number of rotatable bonds is 3. The molecular formula is C26H20Cl2O4. The van der Waals surface area contributed by atoms with Crippen molar-refractivity contribution < 1.29 is 19.1 Å². The summed E-state index contributed by atoms with van der Waals surface area (Å²) in [5, 5.41) is 0.814. The summed E-state index contributed by atoms with van der Waals surface area (Å²) in [5.74, 6) is -0.118. The molecule has 0 N–H and O–H groups in total. The van der Waals surface area contributed by atoms with Gasteiger partial charge in [-0.3, -0.25) is 4.79 Å². The van der Waals surface area contributed by atoms with Crippen molar-refractivity contribution in [3.05, 3.63) is 98.7 Å². The smallest absolute Gasteiger partial charge is 0.343 e. The van der Waals surface area contributed by atoms with Gasteiger partial charge in [-0.05, 0) is 53.5 Å². The SMILES string of the molecule is CC(C)(C)c1ccc(C(=O)Oc2ccc3c(c2)O/C(=C\c2c(Cl)cccc2Cl)C3=O)cc1. The number of esters is 1. The lowest BCUT2D eigenvalue weighted by molar-refractivity contribution is 0.0734. The van der Waals surface area contributed by atoms with Gasteiger partial charge in [0.2, 0.25) is 5.78 Å². The molecule has 1 heterocycles. The van der Waals surface area contributed by atoms with Crippen molar-refractivity contribution in [3.63, 3.8) is 0 Å². The van der Waals surface area contributed by atoms with Crippen molar-refractivity contribution in [3.8, 4) is 11.5 Å². The number of ether oxygens (including phenoxy) is 2. The van der Waals surface area contributed by atoms with Gasteiger partial charge >= 0.3 is 5.97 Å². The van der Waals surface area contributed by atoms with Crippen LogP contribution in [0.5, 0.6) is 11.5 Å². The molecule has 1 aliphatic heterocycles. The van der Waals surface area contributed by atoms with Crippen LogP contribution in [0.4, 0.5) is 0 Å². The monoisotopic (exact) mass is 466 g/mol. The highest BCUT2D eigenvalue weighted by Crippen LogP contribution is 2.36. The number of allylic oxidation sites excluding steroid dienone is 1. The van der Waals surface area contributed by atoms with Crippen LogP contribution in [0.2, 0.25) is 10.0 Å². The van der Waals surface area contributed by atoms with Gasteiger partial charge in [-0.2, -0.15) is 0 Å². The minimum absolute atomic E-state index is 0.00821. The minimum atomic E-state index is -0.492. The van der Waals surface area contributed by atoms with Gasteiger partial charge in [-0.25, -0.2) is 4.79 Å². The Morgan fingerprint density at radius 3 is 2.25 bits per heavy atom. The molecule has 3 aromatic rings. The molecule has 0 bridgehead atoms. The first-order chi connectivity index (χ1) is 15.1. The fourth-order valence-corrected chi connectivity index (χ4v) is 3.79. The van der Waals surface area contributed by atoms with E-state index in [1.807, 2.05) is 12.1 Å². The summed E-state index contributed by atoms with van der Waals surface area (Å²) in [5.41, 5.74) is 2.41. The van der Waals surface area contributed by atoms with Gasteiger partial charge in [0, 0.05) is 21.7 Å². The maximum absolute atomic E-state index is 12.7. The van der Waals surface area contributed by atoms with Crippen LogP contribution in [0.3, 0.4) is 0 Å². The molecule has 1 aliphatic rings. The van der Waals surface area contributed by atoms with Gasteiger partial charge in [-0.1, -0.05) is 62.2 Å². The van der Waals surface area contributed by atoms with E-state index in [4.69, 9.17) is 32.7 Å². The third-order valence-corrected chi connectivity index (χ3v) is 5.77. The molecule has 3 aromatic carbocycles. The van der Waals surface area contributed by atoms with E-state index in [1.54, 1.807) is 42.5 Å². The van der Waals surface area contributed by atoms with Crippen LogP contribution in [-0.4, -0.2) is 11.8 Å². The number of fused-ring (bicyclic) bond motifs is 1. The quantitative estimate of drug-likeness (QED) is 0.234. The summed E-state index contributed by atoms with van der Waals surface area (Å²) >= 11 is 12.4. The van der Waals surface area contributed by atoms with E-state index in [-0.39, 0.29) is 22.7 Å². The Hall–Kier alpha value is -3.08. The third kappa shape index (κ3) is 4.43. The number of Topliss-reactive ketones (excluding diaryl/α,β-unsaturated/α-hetero) is 1. The molecule has 0 fully saturated rings. The summed E-state index contributed by atoms with van der Waals surface area (Å²) < 4.78 is 11.2. The molecule has 4 rings (SSSR count). The normalized spacial score (nSPS) is 14.3. The average Bonchev–Trinajstić information content (AvgIpc) is 3.05. The first-order valence-electron chi connectivity index (χ1n) is 9.98. The Morgan fingerprint density at radius 2 is 1.62 bits per heavy atom. The Morgan fingerprint density at radius 1 is 0.969 bits per heavy atom. The lowest BCUT2D eigenvalue weighted by Gasteiger charge is -2.18. The van der Waals surface area contributed by atoms with E-state index >= 15 is 0 Å². The van der Waals surface area contributed by atoms with Crippen LogP contribution >= 0.6 is 23.2 Å². The number of hydrogen-bond donors (Lipinski definition) is 0. The standard InChI is InChI=1S/C26H20Cl2O4/c1-26(2,3)16-9-7-15(8-10-16)25(30)31-17-11-12-18-22(13-17)32-23(24(18)29)14-19-20(27)5-4-6-21(19)28/h4-14H,1-3H3/b23-14-. The molecule has 0 amide bonds. The fraction of sp³-hybridized carbons (Fsp3) is 0.154. The van der Waals surface area contributed by atoms with Crippen LogP contribution in [0.1, 0.15) is 52.6 Å². The van der Waals surface area contributed by atoms with Crippen molar-refractivity contribution in [1.29, 1.82) is 0 Å². The average molecular weight is 467 g/mol. The summed E-state index contributed by atoms with van der Waals surface area (Å²) in [6, 6.07) is 17.0. The zero-order chi connectivity index (χ0) is 23.0. The van der Waals surface area contributed by atoms with Gasteiger partial charge in [0.1, 0.15) is 11.5 Å². The summed E-state index contributed by atoms with van der Waals surface area (Å²) in [6.07, 6.45) is 1.51. The van der Waals surface area contributed by atoms with E-state index in [1.165, 1.54) is 12.1 Å². The number of halogens is 2. The van der Waals surface area contributed by atoms with E-state index in [0.29, 0.717) is 32.5 Å². The predicted molar refractivity (Wildman–Crippen MR) is 126 cm³/mol. The van der Waals surface area contributed by atoms with Gasteiger partial charge in [0.05, 0.1) is 11.1 Å². The molecule has 4 nitrogen and oxygen atoms in total. The molecule has 0 aromatic heterocycles. The minimum Gasteiger partial charge on any atom is -0.452 e. The second-order valence-corrected chi connectivity index (χ2v) is 9.26. The molecular weight excluding hydrogens is 447 g/mol. The fourth-order valence-electron chi connectivity index (χ4n) is 3.28. The zero-order valence-corrected chi connectivity index (χ0v) is 19.3. The van der Waals surface area contributed by atoms with E-state index in [0.717, 1.165) is 5.56 Å². The first kappa shape index (κ1) is 22.1. The van der Waals surface area contributed by atoms with Gasteiger partial charge < -0.3 is 9.47 Å². The maximum atomic E-state index is 12.7. The molecule has 0 atom stereocenters. The Kier molecular flexibility index (Phi) is 5.85. The Balaban J connectivity index is 1.54. The van der Waals surface area contributed by atoms with E-state index in [2.05, 4.69) is 20.8 Å². The molecule has 0 saturated heterocycles. The van der Waals surface area contributed by atoms with Gasteiger partial charge in [-0.15, -0.1) is 0 Å². The van der Waals surface area contributed by atoms with Crippen molar-refractivity contribution in [1.82, 2.24) is 0 Å². The highest BCUT2D eigenvalue weighted by atomic mass is 35.5. The highest BCUT2D eigenvalue weighted by molar-refractivity contribution is 6.37. The second-order valence-electron chi connectivity index (χ2n) is 8.45. The molecule has 162 valence electrons. The van der Waals surface area contributed by atoms with Crippen molar-refractivity contribution in [2.24, 2.45) is 0 Å². The topological polar surface area (TPSA) is 52.6 Å². The van der Waals surface area contributed by atoms with Crippen LogP contribution in [0, 0.1) is 0 Å². The maximum Gasteiger partial charge on any atom is 0.343 e. The largest absolute Gasteiger partial charge is 0.452 e.